The minimum absolute atomic E-state index is 0.0376. The normalized spacial score (nSPS) is 11.1. The van der Waals surface area contributed by atoms with Crippen LogP contribution >= 0.6 is 0 Å². The number of carbonyl (C=O) groups is 2. The highest BCUT2D eigenvalue weighted by Gasteiger charge is 2.10. The highest BCUT2D eigenvalue weighted by molar-refractivity contribution is 6.02. The van der Waals surface area contributed by atoms with Crippen LogP contribution in [0.2, 0.25) is 0 Å². The first-order valence-electron chi connectivity index (χ1n) is 6.64. The number of aromatic hydroxyl groups is 2. The predicted molar refractivity (Wildman–Crippen MR) is 81.2 cm³/mol. The Morgan fingerprint density at radius 1 is 1.26 bits per heavy atom. The molecule has 0 unspecified atom stereocenters. The molecular formula is C15H15N3O5. The molecule has 120 valence electrons. The van der Waals surface area contributed by atoms with Gasteiger partial charge in [-0.2, -0.15) is 5.10 Å². The van der Waals surface area contributed by atoms with Gasteiger partial charge < -0.3 is 19.9 Å². The number of benzene rings is 1. The summed E-state index contributed by atoms with van der Waals surface area (Å²) in [4.78, 5) is 23.2. The van der Waals surface area contributed by atoms with Crippen LogP contribution < -0.4 is 10.7 Å². The van der Waals surface area contributed by atoms with Gasteiger partial charge in [-0.3, -0.25) is 9.59 Å². The van der Waals surface area contributed by atoms with E-state index in [0.717, 1.165) is 0 Å². The average Bonchev–Trinajstić information content (AvgIpc) is 3.07. The van der Waals surface area contributed by atoms with Crippen molar-refractivity contribution in [3.05, 3.63) is 47.9 Å². The van der Waals surface area contributed by atoms with E-state index in [9.17, 15) is 19.8 Å². The molecule has 2 rings (SSSR count). The third-order valence-electron chi connectivity index (χ3n) is 2.87. The number of hydrogen-bond acceptors (Lipinski definition) is 6. The van der Waals surface area contributed by atoms with E-state index in [1.54, 1.807) is 13.0 Å². The number of rotatable bonds is 5. The SMILES string of the molecule is C/C(=N/NC(=O)CNC(=O)c1ccco1)c1cc(O)ccc1O. The van der Waals surface area contributed by atoms with Gasteiger partial charge in [-0.25, -0.2) is 5.43 Å². The van der Waals surface area contributed by atoms with Gasteiger partial charge in [-0.15, -0.1) is 0 Å². The number of amides is 2. The van der Waals surface area contributed by atoms with Crippen molar-refractivity contribution < 1.29 is 24.2 Å². The second kappa shape index (κ2) is 7.12. The summed E-state index contributed by atoms with van der Waals surface area (Å²) in [6, 6.07) is 6.99. The molecule has 1 heterocycles. The van der Waals surface area contributed by atoms with E-state index >= 15 is 0 Å². The molecule has 8 nitrogen and oxygen atoms in total. The molecule has 2 amide bonds. The second-order valence-corrected chi connectivity index (χ2v) is 4.59. The number of phenols is 2. The van der Waals surface area contributed by atoms with Crippen LogP contribution in [-0.4, -0.2) is 34.3 Å². The highest BCUT2D eigenvalue weighted by atomic mass is 16.3. The molecule has 2 aromatic rings. The lowest BCUT2D eigenvalue weighted by atomic mass is 10.1. The molecule has 0 bridgehead atoms. The van der Waals surface area contributed by atoms with E-state index in [1.807, 2.05) is 0 Å². The van der Waals surface area contributed by atoms with Crippen LogP contribution in [0.25, 0.3) is 0 Å². The molecule has 0 aliphatic heterocycles. The lowest BCUT2D eigenvalue weighted by Crippen LogP contribution is -2.35. The van der Waals surface area contributed by atoms with E-state index in [2.05, 4.69) is 15.8 Å². The fourth-order valence-corrected chi connectivity index (χ4v) is 1.72. The minimum Gasteiger partial charge on any atom is -0.508 e. The van der Waals surface area contributed by atoms with Crippen molar-refractivity contribution in [2.45, 2.75) is 6.92 Å². The summed E-state index contributed by atoms with van der Waals surface area (Å²) in [5.74, 6) is -1.09. The zero-order valence-corrected chi connectivity index (χ0v) is 12.2. The molecular weight excluding hydrogens is 302 g/mol. The van der Waals surface area contributed by atoms with Crippen LogP contribution in [0.15, 0.2) is 46.1 Å². The largest absolute Gasteiger partial charge is 0.508 e. The number of nitrogens with zero attached hydrogens (tertiary/aromatic N) is 1. The van der Waals surface area contributed by atoms with Crippen molar-refractivity contribution in [2.24, 2.45) is 5.10 Å². The number of hydrazone groups is 1. The molecule has 1 aromatic heterocycles. The third kappa shape index (κ3) is 4.34. The fraction of sp³-hybridized carbons (Fsp3) is 0.133. The van der Waals surface area contributed by atoms with Gasteiger partial charge in [0.05, 0.1) is 18.5 Å². The lowest BCUT2D eigenvalue weighted by molar-refractivity contribution is -0.120. The number of carbonyl (C=O) groups excluding carboxylic acids is 2. The quantitative estimate of drug-likeness (QED) is 0.371. The van der Waals surface area contributed by atoms with E-state index in [4.69, 9.17) is 4.42 Å². The van der Waals surface area contributed by atoms with Gasteiger partial charge >= 0.3 is 0 Å². The van der Waals surface area contributed by atoms with Gasteiger partial charge in [-0.1, -0.05) is 0 Å². The molecule has 0 fully saturated rings. The van der Waals surface area contributed by atoms with Crippen LogP contribution in [0, 0.1) is 0 Å². The average molecular weight is 317 g/mol. The maximum absolute atomic E-state index is 11.6. The first kappa shape index (κ1) is 16.1. The second-order valence-electron chi connectivity index (χ2n) is 4.59. The monoisotopic (exact) mass is 317 g/mol. The summed E-state index contributed by atoms with van der Waals surface area (Å²) in [5.41, 5.74) is 2.82. The van der Waals surface area contributed by atoms with Crippen LogP contribution in [0.5, 0.6) is 11.5 Å². The Hall–Kier alpha value is -3.29. The van der Waals surface area contributed by atoms with Crippen molar-refractivity contribution in [1.29, 1.82) is 0 Å². The summed E-state index contributed by atoms with van der Waals surface area (Å²) in [6.45, 7) is 1.26. The molecule has 0 radical (unpaired) electrons. The van der Waals surface area contributed by atoms with Crippen LogP contribution in [-0.2, 0) is 4.79 Å². The van der Waals surface area contributed by atoms with Gasteiger partial charge in [0, 0.05) is 5.56 Å². The van der Waals surface area contributed by atoms with E-state index in [0.29, 0.717) is 5.71 Å². The molecule has 0 aliphatic rings. The van der Waals surface area contributed by atoms with E-state index in [1.165, 1.54) is 30.5 Å². The van der Waals surface area contributed by atoms with Crippen LogP contribution in [0.3, 0.4) is 0 Å². The summed E-state index contributed by atoms with van der Waals surface area (Å²) >= 11 is 0. The van der Waals surface area contributed by atoms with Crippen molar-refractivity contribution >= 4 is 17.5 Å². The third-order valence-corrected chi connectivity index (χ3v) is 2.87. The topological polar surface area (TPSA) is 124 Å². The molecule has 4 N–H and O–H groups in total. The number of nitrogens with one attached hydrogen (secondary N) is 2. The summed E-state index contributed by atoms with van der Waals surface area (Å²) in [7, 11) is 0. The molecule has 0 spiro atoms. The Kier molecular flexibility index (Phi) is 4.98. The van der Waals surface area contributed by atoms with Gasteiger partial charge in [0.1, 0.15) is 11.5 Å². The molecule has 1 aromatic carbocycles. The Morgan fingerprint density at radius 3 is 2.74 bits per heavy atom. The predicted octanol–water partition coefficient (Wildman–Crippen LogP) is 0.961. The molecule has 23 heavy (non-hydrogen) atoms. The Morgan fingerprint density at radius 2 is 2.04 bits per heavy atom. The van der Waals surface area contributed by atoms with Crippen molar-refractivity contribution in [3.63, 3.8) is 0 Å². The van der Waals surface area contributed by atoms with Crippen molar-refractivity contribution in [1.82, 2.24) is 10.7 Å². The molecule has 0 atom stereocenters. The summed E-state index contributed by atoms with van der Waals surface area (Å²) in [5, 5.41) is 25.2. The lowest BCUT2D eigenvalue weighted by Gasteiger charge is -2.06. The molecule has 0 aliphatic carbocycles. The van der Waals surface area contributed by atoms with Gasteiger partial charge in [0.25, 0.3) is 11.8 Å². The van der Waals surface area contributed by atoms with Crippen molar-refractivity contribution in [3.8, 4) is 11.5 Å². The van der Waals surface area contributed by atoms with Gasteiger partial charge in [0.15, 0.2) is 5.76 Å². The minimum atomic E-state index is -0.552. The Labute approximate surface area is 131 Å². The van der Waals surface area contributed by atoms with Crippen LogP contribution in [0.4, 0.5) is 0 Å². The zero-order valence-electron chi connectivity index (χ0n) is 12.2. The summed E-state index contributed by atoms with van der Waals surface area (Å²) < 4.78 is 4.89. The first-order valence-corrected chi connectivity index (χ1v) is 6.64. The molecule has 8 heteroatoms. The fourth-order valence-electron chi connectivity index (χ4n) is 1.72. The van der Waals surface area contributed by atoms with E-state index in [-0.39, 0.29) is 29.4 Å². The first-order chi connectivity index (χ1) is 11.0. The summed E-state index contributed by atoms with van der Waals surface area (Å²) in [6.07, 6.45) is 1.35. The Balaban J connectivity index is 1.90. The van der Waals surface area contributed by atoms with Gasteiger partial charge in [-0.05, 0) is 37.3 Å². The van der Waals surface area contributed by atoms with E-state index < -0.39 is 11.8 Å². The molecule has 0 saturated carbocycles. The number of phenolic OH excluding ortho intramolecular Hbond substituents is 2. The smallest absolute Gasteiger partial charge is 0.287 e. The maximum Gasteiger partial charge on any atom is 0.287 e. The number of hydrogen-bond donors (Lipinski definition) is 4. The number of furan rings is 1. The Bertz CT molecular complexity index is 738. The zero-order chi connectivity index (χ0) is 16.8. The maximum atomic E-state index is 11.6. The van der Waals surface area contributed by atoms with Crippen LogP contribution in [0.1, 0.15) is 23.0 Å². The highest BCUT2D eigenvalue weighted by Crippen LogP contribution is 2.22. The molecule has 0 saturated heterocycles. The van der Waals surface area contributed by atoms with Gasteiger partial charge in [0.2, 0.25) is 0 Å². The standard InChI is InChI=1S/C15H15N3O5/c1-9(11-7-10(19)4-5-12(11)20)17-18-14(21)8-16-15(22)13-3-2-6-23-13/h2-7,19-20H,8H2,1H3,(H,16,22)(H,18,21)/b17-9-. The van der Waals surface area contributed by atoms with Crippen molar-refractivity contribution in [2.75, 3.05) is 6.54 Å².